The number of ether oxygens (including phenoxy) is 2. The summed E-state index contributed by atoms with van der Waals surface area (Å²) in [4.78, 5) is 25.4. The van der Waals surface area contributed by atoms with Gasteiger partial charge in [-0.15, -0.1) is 0 Å². The SMILES string of the molecule is O=C(O)[C@H]1CC[C@@H](C(=O)N2CCSC3(CCOCC3)C2)O1. The molecule has 3 rings (SSSR count). The second-order valence-electron chi connectivity index (χ2n) is 5.93. The van der Waals surface area contributed by atoms with Crippen LogP contribution < -0.4 is 0 Å². The summed E-state index contributed by atoms with van der Waals surface area (Å²) in [6.07, 6.45) is 1.49. The molecule has 1 amide bonds. The molecule has 3 aliphatic heterocycles. The zero-order valence-corrected chi connectivity index (χ0v) is 12.8. The van der Waals surface area contributed by atoms with Crippen LogP contribution in [0.3, 0.4) is 0 Å². The van der Waals surface area contributed by atoms with Crippen molar-refractivity contribution in [3.05, 3.63) is 0 Å². The molecular weight excluding hydrogens is 294 g/mol. The highest BCUT2D eigenvalue weighted by Gasteiger charge is 2.42. The lowest BCUT2D eigenvalue weighted by Gasteiger charge is -2.44. The van der Waals surface area contributed by atoms with Crippen LogP contribution in [0.25, 0.3) is 0 Å². The van der Waals surface area contributed by atoms with E-state index in [-0.39, 0.29) is 10.7 Å². The summed E-state index contributed by atoms with van der Waals surface area (Å²) in [7, 11) is 0. The predicted molar refractivity (Wildman–Crippen MR) is 77.4 cm³/mol. The van der Waals surface area contributed by atoms with E-state index in [2.05, 4.69) is 0 Å². The van der Waals surface area contributed by atoms with Crippen molar-refractivity contribution in [1.82, 2.24) is 4.90 Å². The molecule has 1 spiro atoms. The van der Waals surface area contributed by atoms with Gasteiger partial charge in [-0.05, 0) is 25.7 Å². The van der Waals surface area contributed by atoms with Crippen LogP contribution in [0.2, 0.25) is 0 Å². The summed E-state index contributed by atoms with van der Waals surface area (Å²) >= 11 is 1.95. The number of carboxylic acids is 1. The van der Waals surface area contributed by atoms with E-state index in [1.165, 1.54) is 0 Å². The molecule has 3 saturated heterocycles. The van der Waals surface area contributed by atoms with Crippen LogP contribution in [0.15, 0.2) is 0 Å². The largest absolute Gasteiger partial charge is 0.479 e. The first-order valence-electron chi connectivity index (χ1n) is 7.48. The van der Waals surface area contributed by atoms with E-state index in [0.29, 0.717) is 12.8 Å². The van der Waals surface area contributed by atoms with E-state index in [4.69, 9.17) is 14.6 Å². The number of nitrogens with zero attached hydrogens (tertiary/aromatic N) is 1. The molecule has 118 valence electrons. The van der Waals surface area contributed by atoms with E-state index in [9.17, 15) is 9.59 Å². The Morgan fingerprint density at radius 3 is 2.57 bits per heavy atom. The maximum Gasteiger partial charge on any atom is 0.332 e. The zero-order valence-electron chi connectivity index (χ0n) is 12.0. The summed E-state index contributed by atoms with van der Waals surface area (Å²) < 4.78 is 10.9. The van der Waals surface area contributed by atoms with Gasteiger partial charge in [-0.25, -0.2) is 4.79 Å². The standard InChI is InChI=1S/C14H21NO5S/c16-12(10-1-2-11(20-10)13(17)18)15-5-8-21-14(9-15)3-6-19-7-4-14/h10-11H,1-9H2,(H,17,18)/t10-,11+/m0/s1. The number of carbonyl (C=O) groups excluding carboxylic acids is 1. The number of rotatable bonds is 2. The Morgan fingerprint density at radius 2 is 1.90 bits per heavy atom. The van der Waals surface area contributed by atoms with Gasteiger partial charge in [-0.1, -0.05) is 0 Å². The van der Waals surface area contributed by atoms with Crippen molar-refractivity contribution in [3.8, 4) is 0 Å². The third kappa shape index (κ3) is 3.19. The number of thioether (sulfide) groups is 1. The summed E-state index contributed by atoms with van der Waals surface area (Å²) in [5.41, 5.74) is 0. The first-order chi connectivity index (χ1) is 10.1. The molecule has 21 heavy (non-hydrogen) atoms. The molecule has 0 bridgehead atoms. The van der Waals surface area contributed by atoms with Gasteiger partial charge in [0.2, 0.25) is 0 Å². The summed E-state index contributed by atoms with van der Waals surface area (Å²) in [5, 5.41) is 8.95. The van der Waals surface area contributed by atoms with Crippen LogP contribution in [0.5, 0.6) is 0 Å². The van der Waals surface area contributed by atoms with Gasteiger partial charge < -0.3 is 19.5 Å². The average Bonchev–Trinajstić information content (AvgIpc) is 2.97. The van der Waals surface area contributed by atoms with Gasteiger partial charge in [0.1, 0.15) is 6.10 Å². The molecule has 0 radical (unpaired) electrons. The summed E-state index contributed by atoms with van der Waals surface area (Å²) in [6.45, 7) is 2.98. The Labute approximate surface area is 128 Å². The lowest BCUT2D eigenvalue weighted by molar-refractivity contribution is -0.155. The van der Waals surface area contributed by atoms with Gasteiger partial charge >= 0.3 is 5.97 Å². The molecule has 0 aromatic carbocycles. The monoisotopic (exact) mass is 315 g/mol. The molecule has 0 aliphatic carbocycles. The first-order valence-corrected chi connectivity index (χ1v) is 8.47. The Hall–Kier alpha value is -0.790. The number of hydrogen-bond acceptors (Lipinski definition) is 5. The Bertz CT molecular complexity index is 418. The van der Waals surface area contributed by atoms with E-state index >= 15 is 0 Å². The Balaban J connectivity index is 1.61. The van der Waals surface area contributed by atoms with Crippen LogP contribution in [0.1, 0.15) is 25.7 Å². The van der Waals surface area contributed by atoms with Crippen molar-refractivity contribution in [3.63, 3.8) is 0 Å². The third-order valence-electron chi connectivity index (χ3n) is 4.53. The zero-order chi connectivity index (χ0) is 14.9. The molecule has 0 saturated carbocycles. The number of amides is 1. The van der Waals surface area contributed by atoms with Crippen LogP contribution in [-0.4, -0.2) is 70.9 Å². The molecule has 1 N–H and O–H groups in total. The maximum atomic E-state index is 12.6. The highest BCUT2D eigenvalue weighted by molar-refractivity contribution is 8.00. The molecule has 3 heterocycles. The van der Waals surface area contributed by atoms with Crippen LogP contribution in [0.4, 0.5) is 0 Å². The van der Waals surface area contributed by atoms with Crippen molar-refractivity contribution in [1.29, 1.82) is 0 Å². The van der Waals surface area contributed by atoms with Crippen molar-refractivity contribution < 1.29 is 24.2 Å². The van der Waals surface area contributed by atoms with Crippen LogP contribution >= 0.6 is 11.8 Å². The number of hydrogen-bond donors (Lipinski definition) is 1. The minimum absolute atomic E-state index is 0.0371. The molecule has 3 fully saturated rings. The summed E-state index contributed by atoms with van der Waals surface area (Å²) in [6, 6.07) is 0. The average molecular weight is 315 g/mol. The lowest BCUT2D eigenvalue weighted by Crippen LogP contribution is -2.53. The third-order valence-corrected chi connectivity index (χ3v) is 6.07. The molecular formula is C14H21NO5S. The van der Waals surface area contributed by atoms with Crippen molar-refractivity contribution in [2.24, 2.45) is 0 Å². The molecule has 7 heteroatoms. The predicted octanol–water partition coefficient (Wildman–Crippen LogP) is 0.743. The fraction of sp³-hybridized carbons (Fsp3) is 0.857. The van der Waals surface area contributed by atoms with Crippen molar-refractivity contribution >= 4 is 23.6 Å². The maximum absolute atomic E-state index is 12.6. The van der Waals surface area contributed by atoms with E-state index in [0.717, 1.165) is 44.9 Å². The fourth-order valence-electron chi connectivity index (χ4n) is 3.28. The normalized spacial score (nSPS) is 32.3. The Morgan fingerprint density at radius 1 is 1.19 bits per heavy atom. The minimum Gasteiger partial charge on any atom is -0.479 e. The topological polar surface area (TPSA) is 76.1 Å². The van der Waals surface area contributed by atoms with Crippen molar-refractivity contribution in [2.75, 3.05) is 32.1 Å². The van der Waals surface area contributed by atoms with Crippen LogP contribution in [-0.2, 0) is 19.1 Å². The van der Waals surface area contributed by atoms with Gasteiger partial charge in [0, 0.05) is 36.8 Å². The molecule has 6 nitrogen and oxygen atoms in total. The number of carboxylic acid groups (broad SMARTS) is 1. The number of aliphatic carboxylic acids is 1. The Kier molecular flexibility index (Phi) is 4.42. The van der Waals surface area contributed by atoms with Gasteiger partial charge in [0.25, 0.3) is 5.91 Å². The molecule has 0 unspecified atom stereocenters. The second-order valence-corrected chi connectivity index (χ2v) is 7.50. The minimum atomic E-state index is -0.972. The molecule has 0 aromatic rings. The number of carbonyl (C=O) groups is 2. The highest BCUT2D eigenvalue weighted by Crippen LogP contribution is 2.39. The van der Waals surface area contributed by atoms with E-state index in [1.807, 2.05) is 16.7 Å². The first kappa shape index (κ1) is 15.1. The molecule has 2 atom stereocenters. The van der Waals surface area contributed by atoms with Gasteiger partial charge in [-0.3, -0.25) is 4.79 Å². The van der Waals surface area contributed by atoms with Gasteiger partial charge in [0.15, 0.2) is 6.10 Å². The molecule has 3 aliphatic rings. The van der Waals surface area contributed by atoms with Gasteiger partial charge in [0.05, 0.1) is 0 Å². The van der Waals surface area contributed by atoms with Crippen LogP contribution in [0, 0.1) is 0 Å². The quantitative estimate of drug-likeness (QED) is 0.810. The smallest absolute Gasteiger partial charge is 0.332 e. The van der Waals surface area contributed by atoms with E-state index in [1.54, 1.807) is 0 Å². The van der Waals surface area contributed by atoms with E-state index < -0.39 is 18.2 Å². The lowest BCUT2D eigenvalue weighted by atomic mass is 9.97. The highest BCUT2D eigenvalue weighted by atomic mass is 32.2. The summed E-state index contributed by atoms with van der Waals surface area (Å²) in [5.74, 6) is -0.0776. The fourth-order valence-corrected chi connectivity index (χ4v) is 4.73. The second kappa shape index (κ2) is 6.14. The van der Waals surface area contributed by atoms with Crippen molar-refractivity contribution in [2.45, 2.75) is 42.6 Å². The molecule has 0 aromatic heterocycles. The van der Waals surface area contributed by atoms with Gasteiger partial charge in [-0.2, -0.15) is 11.8 Å².